The maximum atomic E-state index is 12.1. The van der Waals surface area contributed by atoms with E-state index in [2.05, 4.69) is 31.3 Å². The van der Waals surface area contributed by atoms with E-state index in [1.165, 1.54) is 0 Å². The Kier molecular flexibility index (Phi) is 4.51. The highest BCUT2D eigenvalue weighted by atomic mass is 79.9. The largest absolute Gasteiger partial charge is 0.444 e. The summed E-state index contributed by atoms with van der Waals surface area (Å²) < 4.78 is 7.84. The number of nitrogens with one attached hydrogen (secondary N) is 1. The van der Waals surface area contributed by atoms with Crippen molar-refractivity contribution in [2.75, 3.05) is 5.32 Å². The SMILES string of the molecule is Cc1cccc(-n2cc3c(NC(=O)OC(C)(C)C)cc(Br)cc3n2)n1. The minimum Gasteiger partial charge on any atom is -0.444 e. The maximum absolute atomic E-state index is 12.1. The van der Waals surface area contributed by atoms with Crippen molar-refractivity contribution in [3.63, 3.8) is 0 Å². The number of halogens is 1. The third-order valence-corrected chi connectivity index (χ3v) is 3.79. The van der Waals surface area contributed by atoms with Crippen LogP contribution < -0.4 is 5.32 Å². The van der Waals surface area contributed by atoms with E-state index >= 15 is 0 Å². The zero-order valence-corrected chi connectivity index (χ0v) is 16.1. The van der Waals surface area contributed by atoms with Crippen molar-refractivity contribution in [2.45, 2.75) is 33.3 Å². The van der Waals surface area contributed by atoms with Gasteiger partial charge in [-0.05, 0) is 52.0 Å². The number of benzene rings is 1. The van der Waals surface area contributed by atoms with Gasteiger partial charge in [0.15, 0.2) is 5.82 Å². The molecule has 0 fully saturated rings. The Hall–Kier alpha value is -2.41. The van der Waals surface area contributed by atoms with Crippen molar-refractivity contribution in [3.05, 3.63) is 46.7 Å². The maximum Gasteiger partial charge on any atom is 0.412 e. The molecule has 7 heteroatoms. The third-order valence-electron chi connectivity index (χ3n) is 3.33. The van der Waals surface area contributed by atoms with Crippen molar-refractivity contribution < 1.29 is 9.53 Å². The Balaban J connectivity index is 2.00. The molecule has 2 aromatic heterocycles. The lowest BCUT2D eigenvalue weighted by Crippen LogP contribution is -2.27. The lowest BCUT2D eigenvalue weighted by Gasteiger charge is -2.19. The van der Waals surface area contributed by atoms with Crippen LogP contribution in [0.3, 0.4) is 0 Å². The molecule has 0 aliphatic heterocycles. The number of carbonyl (C=O) groups is 1. The second-order valence-electron chi connectivity index (χ2n) is 6.72. The number of rotatable bonds is 2. The van der Waals surface area contributed by atoms with Gasteiger partial charge in [-0.2, -0.15) is 5.10 Å². The van der Waals surface area contributed by atoms with Gasteiger partial charge in [-0.15, -0.1) is 0 Å². The quantitative estimate of drug-likeness (QED) is 0.665. The number of amides is 1. The highest BCUT2D eigenvalue weighted by Crippen LogP contribution is 2.29. The van der Waals surface area contributed by atoms with Gasteiger partial charge in [0.05, 0.1) is 11.2 Å². The fraction of sp³-hybridized carbons (Fsp3) is 0.278. The summed E-state index contributed by atoms with van der Waals surface area (Å²) in [5.41, 5.74) is 1.71. The monoisotopic (exact) mass is 402 g/mol. The number of ether oxygens (including phenoxy) is 1. The molecule has 0 aliphatic carbocycles. The van der Waals surface area contributed by atoms with Gasteiger partial charge in [0.1, 0.15) is 5.60 Å². The Labute approximate surface area is 154 Å². The molecule has 0 spiro atoms. The highest BCUT2D eigenvalue weighted by Gasteiger charge is 2.18. The van der Waals surface area contributed by atoms with Gasteiger partial charge in [0.25, 0.3) is 0 Å². The van der Waals surface area contributed by atoms with E-state index in [1.54, 1.807) is 4.68 Å². The van der Waals surface area contributed by atoms with Gasteiger partial charge in [-0.3, -0.25) is 5.32 Å². The molecule has 0 unspecified atom stereocenters. The van der Waals surface area contributed by atoms with E-state index in [-0.39, 0.29) is 0 Å². The molecular weight excluding hydrogens is 384 g/mol. The number of hydrogen-bond acceptors (Lipinski definition) is 4. The lowest BCUT2D eigenvalue weighted by atomic mass is 10.2. The molecule has 2 heterocycles. The summed E-state index contributed by atoms with van der Waals surface area (Å²) in [4.78, 5) is 16.6. The standard InChI is InChI=1S/C18H19BrN4O2/c1-11-6-5-7-16(20-11)23-10-13-14(8-12(19)9-15(13)22-23)21-17(24)25-18(2,3)4/h5-10H,1-4H3,(H,21,24). The van der Waals surface area contributed by atoms with Crippen molar-refractivity contribution in [1.82, 2.24) is 14.8 Å². The van der Waals surface area contributed by atoms with Crippen molar-refractivity contribution in [1.29, 1.82) is 0 Å². The van der Waals surface area contributed by atoms with Crippen LogP contribution in [0.4, 0.5) is 10.5 Å². The average Bonchev–Trinajstić information content (AvgIpc) is 2.89. The normalized spacial score (nSPS) is 11.6. The van der Waals surface area contributed by atoms with Crippen LogP contribution >= 0.6 is 15.9 Å². The summed E-state index contributed by atoms with van der Waals surface area (Å²) in [6.45, 7) is 7.40. The Morgan fingerprint density at radius 1 is 1.28 bits per heavy atom. The van der Waals surface area contributed by atoms with E-state index in [0.29, 0.717) is 5.69 Å². The van der Waals surface area contributed by atoms with Gasteiger partial charge in [0, 0.05) is 21.7 Å². The van der Waals surface area contributed by atoms with Crippen LogP contribution in [-0.4, -0.2) is 26.5 Å². The molecule has 1 aromatic carbocycles. The number of anilines is 1. The molecule has 0 aliphatic rings. The molecule has 6 nitrogen and oxygen atoms in total. The minimum absolute atomic E-state index is 0.506. The first kappa shape index (κ1) is 17.4. The molecule has 0 saturated heterocycles. The second-order valence-corrected chi connectivity index (χ2v) is 7.64. The van der Waals surface area contributed by atoms with E-state index in [4.69, 9.17) is 4.74 Å². The first-order valence-corrected chi connectivity index (χ1v) is 8.63. The number of aromatic nitrogens is 3. The van der Waals surface area contributed by atoms with Crippen molar-refractivity contribution >= 4 is 38.6 Å². The van der Waals surface area contributed by atoms with Crippen LogP contribution in [0, 0.1) is 6.92 Å². The number of pyridine rings is 1. The van der Waals surface area contributed by atoms with Gasteiger partial charge in [0.2, 0.25) is 0 Å². The van der Waals surface area contributed by atoms with Crippen LogP contribution in [0.5, 0.6) is 0 Å². The zero-order chi connectivity index (χ0) is 18.2. The predicted octanol–water partition coefficient (Wildman–Crippen LogP) is 4.84. The van der Waals surface area contributed by atoms with Crippen LogP contribution in [-0.2, 0) is 4.74 Å². The fourth-order valence-electron chi connectivity index (χ4n) is 2.38. The van der Waals surface area contributed by atoms with Gasteiger partial charge in [-0.1, -0.05) is 22.0 Å². The number of hydrogen-bond donors (Lipinski definition) is 1. The smallest absolute Gasteiger partial charge is 0.412 e. The second kappa shape index (κ2) is 6.48. The number of aryl methyl sites for hydroxylation is 1. The third kappa shape index (κ3) is 4.17. The van der Waals surface area contributed by atoms with Gasteiger partial charge < -0.3 is 4.74 Å². The highest BCUT2D eigenvalue weighted by molar-refractivity contribution is 9.10. The molecule has 1 N–H and O–H groups in total. The van der Waals surface area contributed by atoms with Crippen LogP contribution in [0.2, 0.25) is 0 Å². The Bertz CT molecular complexity index is 944. The summed E-state index contributed by atoms with van der Waals surface area (Å²) in [7, 11) is 0. The minimum atomic E-state index is -0.565. The molecule has 1 amide bonds. The summed E-state index contributed by atoms with van der Waals surface area (Å²) in [5.74, 6) is 0.718. The Morgan fingerprint density at radius 3 is 2.72 bits per heavy atom. The van der Waals surface area contributed by atoms with E-state index < -0.39 is 11.7 Å². The predicted molar refractivity (Wildman–Crippen MR) is 101 cm³/mol. The van der Waals surface area contributed by atoms with Gasteiger partial charge in [-0.25, -0.2) is 14.5 Å². The summed E-state index contributed by atoms with van der Waals surface area (Å²) >= 11 is 3.45. The molecule has 0 atom stereocenters. The summed E-state index contributed by atoms with van der Waals surface area (Å²) in [5, 5.41) is 8.16. The molecule has 0 bridgehead atoms. The molecule has 3 rings (SSSR count). The summed E-state index contributed by atoms with van der Waals surface area (Å²) in [6, 6.07) is 9.46. The molecule has 0 radical (unpaired) electrons. The molecule has 0 saturated carbocycles. The van der Waals surface area contributed by atoms with E-state index in [9.17, 15) is 4.79 Å². The van der Waals surface area contributed by atoms with Gasteiger partial charge >= 0.3 is 6.09 Å². The number of fused-ring (bicyclic) bond motifs is 1. The number of nitrogens with zero attached hydrogens (tertiary/aromatic N) is 3. The topological polar surface area (TPSA) is 69.0 Å². The molecule has 130 valence electrons. The Morgan fingerprint density at radius 2 is 2.04 bits per heavy atom. The zero-order valence-electron chi connectivity index (χ0n) is 14.5. The number of carbonyl (C=O) groups excluding carboxylic acids is 1. The van der Waals surface area contributed by atoms with E-state index in [0.717, 1.165) is 26.9 Å². The average molecular weight is 403 g/mol. The molecule has 3 aromatic rings. The summed E-state index contributed by atoms with van der Waals surface area (Å²) in [6.07, 6.45) is 1.34. The molecule has 25 heavy (non-hydrogen) atoms. The van der Waals surface area contributed by atoms with E-state index in [1.807, 2.05) is 64.2 Å². The molecular formula is C18H19BrN4O2. The fourth-order valence-corrected chi connectivity index (χ4v) is 2.83. The van der Waals surface area contributed by atoms with Crippen molar-refractivity contribution in [2.24, 2.45) is 0 Å². The first-order chi connectivity index (χ1) is 11.7. The lowest BCUT2D eigenvalue weighted by molar-refractivity contribution is 0.0636. The van der Waals surface area contributed by atoms with Crippen molar-refractivity contribution in [3.8, 4) is 5.82 Å². The van der Waals surface area contributed by atoms with Crippen LogP contribution in [0.25, 0.3) is 16.7 Å². The van der Waals surface area contributed by atoms with Crippen LogP contribution in [0.1, 0.15) is 26.5 Å². The first-order valence-electron chi connectivity index (χ1n) is 7.84. The van der Waals surface area contributed by atoms with Crippen LogP contribution in [0.15, 0.2) is 41.0 Å².